The minimum atomic E-state index is 0.0688. The van der Waals surface area contributed by atoms with Gasteiger partial charge < -0.3 is 15.5 Å². The summed E-state index contributed by atoms with van der Waals surface area (Å²) in [6.07, 6.45) is 0. The zero-order valence-corrected chi connectivity index (χ0v) is 12.8. The molecule has 0 atom stereocenters. The van der Waals surface area contributed by atoms with Crippen LogP contribution in [-0.2, 0) is 0 Å². The molecular formula is C18H21N3O. The van der Waals surface area contributed by atoms with Crippen LogP contribution in [0.2, 0.25) is 0 Å². The van der Waals surface area contributed by atoms with E-state index in [1.165, 1.54) is 0 Å². The van der Waals surface area contributed by atoms with Crippen molar-refractivity contribution in [2.45, 2.75) is 0 Å². The molecule has 4 nitrogen and oxygen atoms in total. The highest BCUT2D eigenvalue weighted by Gasteiger charge is 2.23. The molecule has 0 bridgehead atoms. The minimum Gasteiger partial charge on any atom is -0.398 e. The number of nitrogen functional groups attached to an aromatic ring is 1. The highest BCUT2D eigenvalue weighted by molar-refractivity contribution is 6.03. The van der Waals surface area contributed by atoms with Gasteiger partial charge in [0.05, 0.1) is 0 Å². The molecular weight excluding hydrogens is 274 g/mol. The first kappa shape index (κ1) is 14.6. The molecule has 2 aromatic rings. The molecule has 0 spiro atoms. The number of hydrogen-bond donors (Lipinski definition) is 1. The number of anilines is 1. The van der Waals surface area contributed by atoms with Gasteiger partial charge in [0, 0.05) is 43.0 Å². The number of nitrogens with zero attached hydrogens (tertiary/aromatic N) is 2. The number of hydrogen-bond acceptors (Lipinski definition) is 3. The standard InChI is InChI=1S/C18H21N3O/c1-20-10-12-21(13-11-20)18(22)15-8-5-9-16(19)17(15)14-6-3-2-4-7-14/h2-9H,10-13,19H2,1H3. The molecule has 22 heavy (non-hydrogen) atoms. The van der Waals surface area contributed by atoms with Crippen LogP contribution in [0.4, 0.5) is 5.69 Å². The van der Waals surface area contributed by atoms with Crippen LogP contribution in [0.1, 0.15) is 10.4 Å². The van der Waals surface area contributed by atoms with Gasteiger partial charge >= 0.3 is 0 Å². The summed E-state index contributed by atoms with van der Waals surface area (Å²) in [6, 6.07) is 15.5. The average molecular weight is 295 g/mol. The maximum atomic E-state index is 12.9. The SMILES string of the molecule is CN1CCN(C(=O)c2cccc(N)c2-c2ccccc2)CC1. The van der Waals surface area contributed by atoms with Crippen molar-refractivity contribution in [1.29, 1.82) is 0 Å². The molecule has 0 aromatic heterocycles. The Morgan fingerprint density at radius 1 is 0.955 bits per heavy atom. The quantitative estimate of drug-likeness (QED) is 0.865. The molecule has 0 aliphatic carbocycles. The monoisotopic (exact) mass is 295 g/mol. The van der Waals surface area contributed by atoms with Gasteiger partial charge in [-0.05, 0) is 24.7 Å². The second-order valence-electron chi connectivity index (χ2n) is 5.73. The smallest absolute Gasteiger partial charge is 0.254 e. The maximum absolute atomic E-state index is 12.9. The molecule has 1 aliphatic rings. The third kappa shape index (κ3) is 2.83. The molecule has 2 N–H and O–H groups in total. The predicted molar refractivity (Wildman–Crippen MR) is 89.7 cm³/mol. The van der Waals surface area contributed by atoms with Crippen LogP contribution in [0.25, 0.3) is 11.1 Å². The summed E-state index contributed by atoms with van der Waals surface area (Å²) in [7, 11) is 2.08. The number of benzene rings is 2. The number of amides is 1. The van der Waals surface area contributed by atoms with E-state index in [1.54, 1.807) is 0 Å². The van der Waals surface area contributed by atoms with Gasteiger partial charge in [-0.2, -0.15) is 0 Å². The summed E-state index contributed by atoms with van der Waals surface area (Å²) in [5.41, 5.74) is 9.32. The average Bonchev–Trinajstić information content (AvgIpc) is 2.55. The van der Waals surface area contributed by atoms with Crippen molar-refractivity contribution in [2.75, 3.05) is 39.0 Å². The first-order chi connectivity index (χ1) is 10.7. The van der Waals surface area contributed by atoms with Crippen LogP contribution in [0.15, 0.2) is 48.5 Å². The van der Waals surface area contributed by atoms with Crippen LogP contribution in [0.5, 0.6) is 0 Å². The Labute approximate surface area is 131 Å². The molecule has 1 fully saturated rings. The van der Waals surface area contributed by atoms with Gasteiger partial charge in [-0.25, -0.2) is 0 Å². The van der Waals surface area contributed by atoms with Crippen LogP contribution in [0, 0.1) is 0 Å². The lowest BCUT2D eigenvalue weighted by Crippen LogP contribution is -2.47. The number of piperazine rings is 1. The third-order valence-electron chi connectivity index (χ3n) is 4.18. The molecule has 2 aromatic carbocycles. The van der Waals surface area contributed by atoms with Crippen molar-refractivity contribution < 1.29 is 4.79 Å². The van der Waals surface area contributed by atoms with Crippen molar-refractivity contribution in [3.05, 3.63) is 54.1 Å². The fraction of sp³-hybridized carbons (Fsp3) is 0.278. The van der Waals surface area contributed by atoms with Crippen LogP contribution < -0.4 is 5.73 Å². The molecule has 1 amide bonds. The lowest BCUT2D eigenvalue weighted by molar-refractivity contribution is 0.0665. The van der Waals surface area contributed by atoms with Gasteiger partial charge in [0.1, 0.15) is 0 Å². The van der Waals surface area contributed by atoms with E-state index in [1.807, 2.05) is 53.4 Å². The second kappa shape index (κ2) is 6.20. The molecule has 3 rings (SSSR count). The first-order valence-electron chi connectivity index (χ1n) is 7.58. The van der Waals surface area contributed by atoms with Gasteiger partial charge in [0.25, 0.3) is 5.91 Å². The zero-order valence-electron chi connectivity index (χ0n) is 12.8. The lowest BCUT2D eigenvalue weighted by Gasteiger charge is -2.33. The van der Waals surface area contributed by atoms with E-state index in [9.17, 15) is 4.79 Å². The van der Waals surface area contributed by atoms with E-state index in [-0.39, 0.29) is 5.91 Å². The number of carbonyl (C=O) groups is 1. The number of likely N-dealkylation sites (N-methyl/N-ethyl adjacent to an activating group) is 1. The third-order valence-corrected chi connectivity index (χ3v) is 4.18. The van der Waals surface area contributed by atoms with Gasteiger partial charge in [0.15, 0.2) is 0 Å². The van der Waals surface area contributed by atoms with E-state index >= 15 is 0 Å². The first-order valence-corrected chi connectivity index (χ1v) is 7.58. The summed E-state index contributed by atoms with van der Waals surface area (Å²) >= 11 is 0. The van der Waals surface area contributed by atoms with Crippen molar-refractivity contribution >= 4 is 11.6 Å². The Kier molecular flexibility index (Phi) is 4.11. The highest BCUT2D eigenvalue weighted by atomic mass is 16.2. The molecule has 1 heterocycles. The molecule has 0 radical (unpaired) electrons. The summed E-state index contributed by atoms with van der Waals surface area (Å²) in [5.74, 6) is 0.0688. The lowest BCUT2D eigenvalue weighted by atomic mass is 9.97. The van der Waals surface area contributed by atoms with E-state index < -0.39 is 0 Å². The topological polar surface area (TPSA) is 49.6 Å². The van der Waals surface area contributed by atoms with Crippen LogP contribution in [0.3, 0.4) is 0 Å². The van der Waals surface area contributed by atoms with Crippen LogP contribution in [-0.4, -0.2) is 48.9 Å². The van der Waals surface area contributed by atoms with E-state index in [0.29, 0.717) is 11.3 Å². The Morgan fingerprint density at radius 3 is 2.32 bits per heavy atom. The van der Waals surface area contributed by atoms with Crippen molar-refractivity contribution in [3.8, 4) is 11.1 Å². The summed E-state index contributed by atoms with van der Waals surface area (Å²) in [4.78, 5) is 17.1. The Morgan fingerprint density at radius 2 is 1.64 bits per heavy atom. The van der Waals surface area contributed by atoms with E-state index in [2.05, 4.69) is 11.9 Å². The molecule has 0 unspecified atom stereocenters. The molecule has 114 valence electrons. The zero-order chi connectivity index (χ0) is 15.5. The second-order valence-corrected chi connectivity index (χ2v) is 5.73. The maximum Gasteiger partial charge on any atom is 0.254 e. The number of carbonyl (C=O) groups excluding carboxylic acids is 1. The predicted octanol–water partition coefficient (Wildman–Crippen LogP) is 2.32. The van der Waals surface area contributed by atoms with Crippen molar-refractivity contribution in [3.63, 3.8) is 0 Å². The normalized spacial score (nSPS) is 15.8. The van der Waals surface area contributed by atoms with Gasteiger partial charge in [0.2, 0.25) is 0 Å². The van der Waals surface area contributed by atoms with Gasteiger partial charge in [-0.3, -0.25) is 4.79 Å². The van der Waals surface area contributed by atoms with E-state index in [4.69, 9.17) is 5.73 Å². The van der Waals surface area contributed by atoms with Crippen molar-refractivity contribution in [2.24, 2.45) is 0 Å². The summed E-state index contributed by atoms with van der Waals surface area (Å²) in [6.45, 7) is 3.35. The number of nitrogens with two attached hydrogens (primary N) is 1. The summed E-state index contributed by atoms with van der Waals surface area (Å²) in [5, 5.41) is 0. The Balaban J connectivity index is 1.97. The molecule has 0 saturated carbocycles. The Bertz CT molecular complexity index is 661. The van der Waals surface area contributed by atoms with Crippen molar-refractivity contribution in [1.82, 2.24) is 9.80 Å². The Hall–Kier alpha value is -2.33. The largest absolute Gasteiger partial charge is 0.398 e. The minimum absolute atomic E-state index is 0.0688. The fourth-order valence-corrected chi connectivity index (χ4v) is 2.86. The van der Waals surface area contributed by atoms with E-state index in [0.717, 1.165) is 37.3 Å². The fourth-order valence-electron chi connectivity index (χ4n) is 2.86. The molecule has 1 aliphatic heterocycles. The van der Waals surface area contributed by atoms with Crippen LogP contribution >= 0.6 is 0 Å². The summed E-state index contributed by atoms with van der Waals surface area (Å²) < 4.78 is 0. The van der Waals surface area contributed by atoms with Gasteiger partial charge in [-0.15, -0.1) is 0 Å². The number of rotatable bonds is 2. The molecule has 1 saturated heterocycles. The molecule has 4 heteroatoms. The van der Waals surface area contributed by atoms with Gasteiger partial charge in [-0.1, -0.05) is 36.4 Å². The highest BCUT2D eigenvalue weighted by Crippen LogP contribution is 2.30.